The second-order valence-corrected chi connectivity index (χ2v) is 37.5. The molecule has 6 unspecified atom stereocenters. The zero-order valence-electron chi connectivity index (χ0n) is 81.4. The smallest absolute Gasteiger partial charge is 0.188 e. The standard InChI is InChI=1S/2C19H22N2O3.2C18H20N2O3.2C17H20N2O3S/c1-13-3-4-16(20-10-13)8-19(22)18-9-17(7-14(2)21-18)24-12-15-5-6-23-11-15;1-13-5-6-15(20-11-13)9-19(22)18-10-17(8-14(2)21-18)24-12-16-4-3-7-23-16;1-13-9-16(23-12-15-6-4-8-22-15)11-17(20-13)18(21)10-14-5-2-3-7-19-14;1-13-8-16(23-12-14-5-7-22-11-14)10-17(20-13)18(21)9-15-4-2-3-6-19-15;1-11-5-14(22-9-13-3-4-21-8-13)6-15(18-11)16(20)7-17-19-12(2)10-23-17;1-11-6-14(22-9-13-4-3-5-21-13)7-15(18-11)16(20)8-17-19-12(2)10-23-17/h3-4,7,9-10,15H,5-6,8,11-12H2,1-2H3;5-6,8,10-11,16H,3-4,7,9,12H2,1-2H3;2-3,5,7,9,11,15H,4,6,8,10,12H2,1H3;2-4,6,8,10,14H,5,7,9,11-12H2,1H3;5-6,10,13H,3-4,7-9H2,1-2H3;6-7,10,13H,3-5,8-9H2,1-2H3. The zero-order valence-corrected chi connectivity index (χ0v) is 83.0. The highest BCUT2D eigenvalue weighted by molar-refractivity contribution is 7.10. The number of aryl methyl sites for hydroxylation is 10. The van der Waals surface area contributed by atoms with Crippen molar-refractivity contribution >= 4 is 57.4 Å². The van der Waals surface area contributed by atoms with Gasteiger partial charge in [-0.3, -0.25) is 48.7 Å². The third-order valence-corrected chi connectivity index (χ3v) is 24.8. The predicted molar refractivity (Wildman–Crippen MR) is 529 cm³/mol. The Morgan fingerprint density at radius 3 is 0.786 bits per heavy atom. The highest BCUT2D eigenvalue weighted by Crippen LogP contribution is 2.28. The van der Waals surface area contributed by atoms with Crippen LogP contribution in [0.15, 0.2) is 169 Å². The number of carbonyl (C=O) groups excluding carboxylic acids is 6. The van der Waals surface area contributed by atoms with E-state index in [9.17, 15) is 28.8 Å². The van der Waals surface area contributed by atoms with Gasteiger partial charge in [0, 0.05) is 234 Å². The highest BCUT2D eigenvalue weighted by Gasteiger charge is 2.26. The van der Waals surface area contributed by atoms with Crippen LogP contribution in [0.5, 0.6) is 34.5 Å². The van der Waals surface area contributed by atoms with Gasteiger partial charge in [-0.25, -0.2) is 39.9 Å². The number of ether oxygens (including phenoxy) is 12. The molecule has 0 bridgehead atoms. The summed E-state index contributed by atoms with van der Waals surface area (Å²) in [6, 6.07) is 40.1. The summed E-state index contributed by atoms with van der Waals surface area (Å²) < 4.78 is 67.5. The molecule has 140 heavy (non-hydrogen) atoms. The number of pyridine rings is 10. The Hall–Kier alpha value is -12.7. The van der Waals surface area contributed by atoms with Crippen LogP contribution in [-0.4, -0.2) is 212 Å². The maximum atomic E-state index is 12.5. The fourth-order valence-corrected chi connectivity index (χ4v) is 17.1. The maximum absolute atomic E-state index is 12.5. The molecule has 6 saturated heterocycles. The van der Waals surface area contributed by atoms with E-state index in [4.69, 9.17) is 56.8 Å². The van der Waals surface area contributed by atoms with E-state index in [0.29, 0.717) is 126 Å². The number of thiazole rings is 2. The third-order valence-electron chi connectivity index (χ3n) is 22.9. The second kappa shape index (κ2) is 54.2. The first-order valence-corrected chi connectivity index (χ1v) is 49.5. The molecular formula is C108H124N12O18S2. The lowest BCUT2D eigenvalue weighted by Crippen LogP contribution is -2.17. The molecule has 0 aromatic carbocycles. The Balaban J connectivity index is 0.000000141. The minimum Gasteiger partial charge on any atom is -0.493 e. The molecule has 18 rings (SSSR count). The summed E-state index contributed by atoms with van der Waals surface area (Å²) in [4.78, 5) is 126. The molecule has 18 heterocycles. The molecule has 6 fully saturated rings. The molecule has 6 aliphatic rings. The van der Waals surface area contributed by atoms with Crippen molar-refractivity contribution in [2.24, 2.45) is 17.8 Å². The van der Waals surface area contributed by atoms with Crippen LogP contribution in [0.1, 0.15) is 210 Å². The number of hydrogen-bond acceptors (Lipinski definition) is 32. The maximum Gasteiger partial charge on any atom is 0.188 e. The van der Waals surface area contributed by atoms with Crippen LogP contribution in [0.4, 0.5) is 0 Å². The van der Waals surface area contributed by atoms with Crippen molar-refractivity contribution in [3.05, 3.63) is 293 Å². The van der Waals surface area contributed by atoms with Gasteiger partial charge >= 0.3 is 0 Å². The molecule has 0 N–H and O–H groups in total. The van der Waals surface area contributed by atoms with E-state index in [-0.39, 0.29) is 91.5 Å². The molecule has 0 spiro atoms. The summed E-state index contributed by atoms with van der Waals surface area (Å²) in [5.41, 5.74) is 14.2. The van der Waals surface area contributed by atoms with Crippen molar-refractivity contribution in [3.8, 4) is 34.5 Å². The van der Waals surface area contributed by atoms with Crippen LogP contribution in [0.3, 0.4) is 0 Å². The van der Waals surface area contributed by atoms with Crippen molar-refractivity contribution in [2.75, 3.05) is 99.1 Å². The summed E-state index contributed by atoms with van der Waals surface area (Å²) >= 11 is 3.00. The van der Waals surface area contributed by atoms with Gasteiger partial charge in [-0.15, -0.1) is 22.7 Å². The van der Waals surface area contributed by atoms with Crippen molar-refractivity contribution < 1.29 is 85.6 Å². The Labute approximate surface area is 825 Å². The summed E-state index contributed by atoms with van der Waals surface area (Å²) in [6.07, 6.45) is 18.3. The number of nitrogens with zero attached hydrogens (tertiary/aromatic N) is 12. The van der Waals surface area contributed by atoms with Gasteiger partial charge in [0.05, 0.1) is 96.5 Å². The van der Waals surface area contributed by atoms with Crippen LogP contribution < -0.4 is 28.4 Å². The van der Waals surface area contributed by atoms with E-state index in [2.05, 4.69) is 59.8 Å². The number of ketones is 6. The first-order valence-electron chi connectivity index (χ1n) is 47.7. The summed E-state index contributed by atoms with van der Waals surface area (Å²) in [5.74, 6) is 5.07. The lowest BCUT2D eigenvalue weighted by Gasteiger charge is -2.12. The molecule has 0 radical (unpaired) electrons. The first kappa shape index (κ1) is 105. The van der Waals surface area contributed by atoms with E-state index < -0.39 is 0 Å². The van der Waals surface area contributed by atoms with E-state index in [0.717, 1.165) is 207 Å². The molecule has 12 aromatic rings. The average molecular weight is 1940 g/mol. The predicted octanol–water partition coefficient (Wildman–Crippen LogP) is 17.5. The Morgan fingerprint density at radius 2 is 0.564 bits per heavy atom. The monoisotopic (exact) mass is 1940 g/mol. The Bertz CT molecular complexity index is 5650. The zero-order chi connectivity index (χ0) is 98.5. The third kappa shape index (κ3) is 35.6. The normalized spacial score (nSPS) is 17.2. The minimum atomic E-state index is -0.0608. The molecule has 0 saturated carbocycles. The van der Waals surface area contributed by atoms with Crippen molar-refractivity contribution in [3.63, 3.8) is 0 Å². The van der Waals surface area contributed by atoms with Crippen LogP contribution in [-0.2, 0) is 66.9 Å². The molecular weight excluding hydrogens is 1820 g/mol. The van der Waals surface area contributed by atoms with Crippen LogP contribution >= 0.6 is 22.7 Å². The fourth-order valence-electron chi connectivity index (χ4n) is 15.5. The SMILES string of the molecule is Cc1cc(OCC2CCCO2)cc(C(=O)Cc2ccccn2)n1.Cc1cc(OCC2CCCO2)cc(C(=O)Cc2nc(C)cs2)n1.Cc1cc(OCC2CCOC2)cc(C(=O)Cc2ccccn2)n1.Cc1cc(OCC2CCOC2)cc(C(=O)Cc2nc(C)cs2)n1.Cc1ccc(CC(=O)c2cc(OCC3CCCO3)cc(C)n2)nc1.Cc1ccc(CC(=O)c2cc(OCC3CCOC3)cc(C)n2)nc1. The highest BCUT2D eigenvalue weighted by atomic mass is 32.1. The fraction of sp³-hybridized carbons (Fsp3) is 0.426. The van der Waals surface area contributed by atoms with Gasteiger partial charge in [0.15, 0.2) is 34.7 Å². The molecule has 30 nitrogen and oxygen atoms in total. The molecule has 6 aliphatic heterocycles. The summed E-state index contributed by atoms with van der Waals surface area (Å²) in [7, 11) is 0. The molecule has 0 amide bonds. The van der Waals surface area contributed by atoms with Gasteiger partial charge in [0.1, 0.15) is 98.5 Å². The first-order chi connectivity index (χ1) is 67.8. The molecule has 6 atom stereocenters. The number of rotatable bonds is 36. The molecule has 0 aliphatic carbocycles. The van der Waals surface area contributed by atoms with Gasteiger partial charge < -0.3 is 56.8 Å². The Morgan fingerprint density at radius 1 is 0.293 bits per heavy atom. The van der Waals surface area contributed by atoms with Crippen LogP contribution in [0.2, 0.25) is 0 Å². The Kier molecular flexibility index (Phi) is 40.5. The van der Waals surface area contributed by atoms with Crippen molar-refractivity contribution in [1.82, 2.24) is 59.8 Å². The van der Waals surface area contributed by atoms with E-state index >= 15 is 0 Å². The average Bonchev–Trinajstić information content (AvgIpc) is 1.72. The summed E-state index contributed by atoms with van der Waals surface area (Å²) in [6.45, 7) is 29.4. The topological polar surface area (TPSA) is 368 Å². The number of Topliss-reactive ketones (excluding diaryl/α,β-unsaturated/α-hetero) is 6. The van der Waals surface area contributed by atoms with E-state index in [1.807, 2.05) is 177 Å². The number of aromatic nitrogens is 12. The van der Waals surface area contributed by atoms with Crippen molar-refractivity contribution in [2.45, 2.75) is 184 Å². The number of carbonyl (C=O) groups is 6. The van der Waals surface area contributed by atoms with Crippen LogP contribution in [0, 0.1) is 87.0 Å². The second-order valence-electron chi connectivity index (χ2n) is 35.6. The largest absolute Gasteiger partial charge is 0.493 e. The quantitative estimate of drug-likeness (QED) is 0.0329. The molecule has 12 aromatic heterocycles. The van der Waals surface area contributed by atoms with Gasteiger partial charge in [0.25, 0.3) is 0 Å². The van der Waals surface area contributed by atoms with Crippen molar-refractivity contribution in [1.29, 1.82) is 0 Å². The lowest BCUT2D eigenvalue weighted by atomic mass is 10.1. The lowest BCUT2D eigenvalue weighted by molar-refractivity contribution is 0.0678. The molecule has 32 heteroatoms. The van der Waals surface area contributed by atoms with Gasteiger partial charge in [-0.2, -0.15) is 0 Å². The van der Waals surface area contributed by atoms with E-state index in [1.54, 1.807) is 61.2 Å². The van der Waals surface area contributed by atoms with Crippen LogP contribution in [0.25, 0.3) is 0 Å². The van der Waals surface area contributed by atoms with Gasteiger partial charge in [0.2, 0.25) is 0 Å². The van der Waals surface area contributed by atoms with Gasteiger partial charge in [-0.05, 0) is 175 Å². The minimum absolute atomic E-state index is 0.0305. The number of hydrogen-bond donors (Lipinski definition) is 0. The summed E-state index contributed by atoms with van der Waals surface area (Å²) in [5, 5.41) is 5.53. The van der Waals surface area contributed by atoms with E-state index in [1.165, 1.54) is 22.7 Å². The molecule has 736 valence electrons. The van der Waals surface area contributed by atoms with Gasteiger partial charge in [-0.1, -0.05) is 24.3 Å².